The van der Waals surface area contributed by atoms with E-state index >= 15 is 0 Å². The molecule has 1 saturated heterocycles. The molecule has 1 aliphatic rings. The minimum atomic E-state index is -0.0126. The maximum Gasteiger partial charge on any atom is 0.255 e. The molecule has 86 valence electrons. The van der Waals surface area contributed by atoms with E-state index in [0.29, 0.717) is 10.6 Å². The van der Waals surface area contributed by atoms with Gasteiger partial charge in [0.2, 0.25) is 0 Å². The fourth-order valence-corrected chi connectivity index (χ4v) is 2.05. The number of carbonyl (C=O) groups is 1. The molecule has 1 unspecified atom stereocenters. The molecule has 2 heterocycles. The minimum absolute atomic E-state index is 0.0126. The molecule has 16 heavy (non-hydrogen) atoms. The Morgan fingerprint density at radius 2 is 2.50 bits per heavy atom. The summed E-state index contributed by atoms with van der Waals surface area (Å²) in [6.07, 6.45) is 3.09. The summed E-state index contributed by atoms with van der Waals surface area (Å²) < 4.78 is 0. The molecule has 0 bridgehead atoms. The van der Waals surface area contributed by atoms with Gasteiger partial charge in [0.1, 0.15) is 0 Å². The Labute approximate surface area is 99.6 Å². The number of rotatable bonds is 1. The Morgan fingerprint density at radius 1 is 1.69 bits per heavy atom. The van der Waals surface area contributed by atoms with Gasteiger partial charge in [-0.05, 0) is 13.0 Å². The van der Waals surface area contributed by atoms with E-state index in [1.807, 2.05) is 11.8 Å². The Kier molecular flexibility index (Phi) is 3.41. The first-order chi connectivity index (χ1) is 7.70. The molecule has 1 aliphatic heterocycles. The molecule has 2 rings (SSSR count). The molecule has 0 aromatic carbocycles. The predicted octanol–water partition coefficient (Wildman–Crippen LogP) is 1.17. The molecule has 1 atom stereocenters. The highest BCUT2D eigenvalue weighted by Gasteiger charge is 2.25. The quantitative estimate of drug-likeness (QED) is 0.800. The zero-order valence-electron chi connectivity index (χ0n) is 9.11. The van der Waals surface area contributed by atoms with E-state index in [2.05, 4.69) is 10.3 Å². The second kappa shape index (κ2) is 4.80. The van der Waals surface area contributed by atoms with Gasteiger partial charge in [-0.2, -0.15) is 0 Å². The van der Waals surface area contributed by atoms with Crippen LogP contribution in [0.15, 0.2) is 18.5 Å². The number of hydrogen-bond donors (Lipinski definition) is 1. The van der Waals surface area contributed by atoms with Gasteiger partial charge in [-0.1, -0.05) is 11.6 Å². The number of pyridine rings is 1. The SMILES string of the molecule is CC1CNCCN1C(=O)c1ccncc1Cl. The zero-order valence-corrected chi connectivity index (χ0v) is 9.87. The molecular formula is C11H14ClN3O. The van der Waals surface area contributed by atoms with Gasteiger partial charge in [-0.25, -0.2) is 0 Å². The molecule has 1 aromatic rings. The highest BCUT2D eigenvalue weighted by atomic mass is 35.5. The average Bonchev–Trinajstić information content (AvgIpc) is 2.29. The largest absolute Gasteiger partial charge is 0.333 e. The van der Waals surface area contributed by atoms with Gasteiger partial charge in [0.25, 0.3) is 5.91 Å². The number of halogens is 1. The molecule has 1 fully saturated rings. The van der Waals surface area contributed by atoms with Crippen molar-refractivity contribution in [2.75, 3.05) is 19.6 Å². The van der Waals surface area contributed by atoms with Crippen LogP contribution in [-0.2, 0) is 0 Å². The highest BCUT2D eigenvalue weighted by molar-refractivity contribution is 6.33. The number of nitrogens with one attached hydrogen (secondary N) is 1. The maximum atomic E-state index is 12.2. The molecule has 5 heteroatoms. The summed E-state index contributed by atoms with van der Waals surface area (Å²) in [7, 11) is 0. The zero-order chi connectivity index (χ0) is 11.5. The summed E-state index contributed by atoms with van der Waals surface area (Å²) in [6, 6.07) is 1.87. The van der Waals surface area contributed by atoms with E-state index in [-0.39, 0.29) is 11.9 Å². The van der Waals surface area contributed by atoms with Crippen molar-refractivity contribution < 1.29 is 4.79 Å². The average molecular weight is 240 g/mol. The van der Waals surface area contributed by atoms with Crippen LogP contribution in [0.4, 0.5) is 0 Å². The van der Waals surface area contributed by atoms with Crippen LogP contribution in [-0.4, -0.2) is 41.5 Å². The van der Waals surface area contributed by atoms with Crippen molar-refractivity contribution in [3.8, 4) is 0 Å². The Morgan fingerprint density at radius 3 is 3.19 bits per heavy atom. The number of nitrogens with zero attached hydrogens (tertiary/aromatic N) is 2. The third kappa shape index (κ3) is 2.18. The highest BCUT2D eigenvalue weighted by Crippen LogP contribution is 2.17. The van der Waals surface area contributed by atoms with Gasteiger partial charge < -0.3 is 10.2 Å². The van der Waals surface area contributed by atoms with Crippen LogP contribution >= 0.6 is 11.6 Å². The van der Waals surface area contributed by atoms with Crippen molar-refractivity contribution in [1.82, 2.24) is 15.2 Å². The normalized spacial score (nSPS) is 20.9. The smallest absolute Gasteiger partial charge is 0.255 e. The second-order valence-electron chi connectivity index (χ2n) is 3.91. The third-order valence-electron chi connectivity index (χ3n) is 2.77. The summed E-state index contributed by atoms with van der Waals surface area (Å²) in [5.41, 5.74) is 0.533. The van der Waals surface area contributed by atoms with Crippen molar-refractivity contribution in [3.05, 3.63) is 29.0 Å². The van der Waals surface area contributed by atoms with Gasteiger partial charge in [0.15, 0.2) is 0 Å². The lowest BCUT2D eigenvalue weighted by Crippen LogP contribution is -2.52. The van der Waals surface area contributed by atoms with Gasteiger partial charge in [-0.15, -0.1) is 0 Å². The van der Waals surface area contributed by atoms with Gasteiger partial charge in [0, 0.05) is 38.1 Å². The van der Waals surface area contributed by atoms with E-state index in [1.54, 1.807) is 12.3 Å². The van der Waals surface area contributed by atoms with Crippen molar-refractivity contribution in [2.45, 2.75) is 13.0 Å². The summed E-state index contributed by atoms with van der Waals surface area (Å²) in [4.78, 5) is 17.9. The fourth-order valence-electron chi connectivity index (χ4n) is 1.85. The third-order valence-corrected chi connectivity index (χ3v) is 3.07. The topological polar surface area (TPSA) is 45.2 Å². The van der Waals surface area contributed by atoms with Crippen molar-refractivity contribution in [1.29, 1.82) is 0 Å². The van der Waals surface area contributed by atoms with Crippen LogP contribution in [0.2, 0.25) is 5.02 Å². The van der Waals surface area contributed by atoms with Gasteiger partial charge in [0.05, 0.1) is 10.6 Å². The maximum absolute atomic E-state index is 12.2. The predicted molar refractivity (Wildman–Crippen MR) is 62.6 cm³/mol. The van der Waals surface area contributed by atoms with Crippen molar-refractivity contribution in [3.63, 3.8) is 0 Å². The van der Waals surface area contributed by atoms with Crippen LogP contribution in [0.1, 0.15) is 17.3 Å². The number of hydrogen-bond acceptors (Lipinski definition) is 3. The van der Waals surface area contributed by atoms with E-state index in [0.717, 1.165) is 19.6 Å². The molecule has 1 aromatic heterocycles. The van der Waals surface area contributed by atoms with Crippen LogP contribution in [0.25, 0.3) is 0 Å². The standard InChI is InChI=1S/C11H14ClN3O/c1-8-6-14-4-5-15(8)11(16)9-2-3-13-7-10(9)12/h2-3,7-8,14H,4-6H2,1H3. The molecule has 0 aliphatic carbocycles. The number of carbonyl (C=O) groups excluding carboxylic acids is 1. The number of amides is 1. The second-order valence-corrected chi connectivity index (χ2v) is 4.31. The summed E-state index contributed by atoms with van der Waals surface area (Å²) in [5, 5.41) is 3.66. The molecule has 4 nitrogen and oxygen atoms in total. The Bertz CT molecular complexity index is 397. The minimum Gasteiger partial charge on any atom is -0.333 e. The fraction of sp³-hybridized carbons (Fsp3) is 0.455. The molecule has 1 amide bonds. The van der Waals surface area contributed by atoms with E-state index in [4.69, 9.17) is 11.6 Å². The monoisotopic (exact) mass is 239 g/mol. The van der Waals surface area contributed by atoms with Crippen LogP contribution in [0.3, 0.4) is 0 Å². The molecule has 0 spiro atoms. The van der Waals surface area contributed by atoms with E-state index in [9.17, 15) is 4.79 Å². The van der Waals surface area contributed by atoms with Crippen LogP contribution in [0, 0.1) is 0 Å². The van der Waals surface area contributed by atoms with E-state index in [1.165, 1.54) is 6.20 Å². The lowest BCUT2D eigenvalue weighted by atomic mass is 10.1. The summed E-state index contributed by atoms with van der Waals surface area (Å²) >= 11 is 5.96. The van der Waals surface area contributed by atoms with Gasteiger partial charge >= 0.3 is 0 Å². The Balaban J connectivity index is 2.21. The summed E-state index contributed by atoms with van der Waals surface area (Å²) in [6.45, 7) is 4.41. The molecule has 0 radical (unpaired) electrons. The lowest BCUT2D eigenvalue weighted by Gasteiger charge is -2.34. The first-order valence-corrected chi connectivity index (χ1v) is 5.69. The van der Waals surface area contributed by atoms with Crippen molar-refractivity contribution >= 4 is 17.5 Å². The van der Waals surface area contributed by atoms with Crippen LogP contribution < -0.4 is 5.32 Å². The Hall–Kier alpha value is -1.13. The molecule has 1 N–H and O–H groups in total. The number of piperazine rings is 1. The van der Waals surface area contributed by atoms with Gasteiger partial charge in [-0.3, -0.25) is 9.78 Å². The molecular weight excluding hydrogens is 226 g/mol. The molecule has 0 saturated carbocycles. The van der Waals surface area contributed by atoms with E-state index < -0.39 is 0 Å². The summed E-state index contributed by atoms with van der Waals surface area (Å²) in [5.74, 6) is -0.0126. The first-order valence-electron chi connectivity index (χ1n) is 5.31. The first kappa shape index (κ1) is 11.4. The van der Waals surface area contributed by atoms with Crippen LogP contribution in [0.5, 0.6) is 0 Å². The lowest BCUT2D eigenvalue weighted by molar-refractivity contribution is 0.0656. The number of aromatic nitrogens is 1. The van der Waals surface area contributed by atoms with Crippen molar-refractivity contribution in [2.24, 2.45) is 0 Å².